The van der Waals surface area contributed by atoms with Crippen LogP contribution < -0.4 is 4.72 Å². The number of carbonyl (C=O) groups is 1. The van der Waals surface area contributed by atoms with E-state index in [-0.39, 0.29) is 5.82 Å². The van der Waals surface area contributed by atoms with Gasteiger partial charge in [0.15, 0.2) is 5.03 Å². The van der Waals surface area contributed by atoms with E-state index in [2.05, 4.69) is 25.1 Å². The smallest absolute Gasteiger partial charge is 0.340 e. The Bertz CT molecular complexity index is 702. The molecule has 0 spiro atoms. The molecule has 0 aliphatic carbocycles. The van der Waals surface area contributed by atoms with E-state index >= 15 is 0 Å². The Hall–Kier alpha value is -2.36. The number of aryl methyl sites for hydroxylation is 1. The maximum absolute atomic E-state index is 12.1. The van der Waals surface area contributed by atoms with Crippen molar-refractivity contribution in [1.29, 1.82) is 0 Å². The molecule has 2 rings (SSSR count). The summed E-state index contributed by atoms with van der Waals surface area (Å²) in [7, 11) is -4.07. The van der Waals surface area contributed by atoms with Gasteiger partial charge in [0.2, 0.25) is 0 Å². The second-order valence-corrected chi connectivity index (χ2v) is 5.27. The molecule has 0 saturated heterocycles. The number of sulfonamides is 1. The third kappa shape index (κ3) is 2.42. The Labute approximate surface area is 108 Å². The molecule has 4 N–H and O–H groups in total. The summed E-state index contributed by atoms with van der Waals surface area (Å²) in [6, 6.07) is 0. The van der Waals surface area contributed by atoms with Crippen molar-refractivity contribution in [3.63, 3.8) is 0 Å². The van der Waals surface area contributed by atoms with E-state index in [4.69, 9.17) is 5.11 Å². The largest absolute Gasteiger partial charge is 0.478 e. The number of hydrogen-bond donors (Lipinski definition) is 4. The van der Waals surface area contributed by atoms with E-state index in [1.54, 1.807) is 0 Å². The summed E-state index contributed by atoms with van der Waals surface area (Å²) in [4.78, 5) is 10.9. The molecule has 0 aliphatic rings. The molecule has 2 aromatic rings. The lowest BCUT2D eigenvalue weighted by molar-refractivity contribution is 0.0692. The van der Waals surface area contributed by atoms with Gasteiger partial charge in [-0.2, -0.15) is 18.6 Å². The van der Waals surface area contributed by atoms with Crippen LogP contribution in [0.5, 0.6) is 0 Å². The standard InChI is InChI=1S/C9H11N5O4S/c1-2-5-3-10-12-7(5)14-19(17,18)8-6(9(15)16)4-11-13-8/h3-4H,2H2,1H3,(H,11,13)(H,15,16)(H2,10,12,14). The zero-order chi connectivity index (χ0) is 14.0. The second-order valence-electron chi connectivity index (χ2n) is 3.65. The molecule has 102 valence electrons. The fourth-order valence-electron chi connectivity index (χ4n) is 1.48. The van der Waals surface area contributed by atoms with Crippen molar-refractivity contribution in [1.82, 2.24) is 20.4 Å². The molecule has 0 aromatic carbocycles. The van der Waals surface area contributed by atoms with Gasteiger partial charge in [-0.1, -0.05) is 6.92 Å². The first-order valence-electron chi connectivity index (χ1n) is 5.27. The topological polar surface area (TPSA) is 141 Å². The van der Waals surface area contributed by atoms with Gasteiger partial charge in [0, 0.05) is 5.56 Å². The maximum Gasteiger partial charge on any atom is 0.340 e. The monoisotopic (exact) mass is 285 g/mol. The molecule has 10 heteroatoms. The van der Waals surface area contributed by atoms with Crippen LogP contribution in [0.2, 0.25) is 0 Å². The molecule has 0 bridgehead atoms. The number of carboxylic acid groups (broad SMARTS) is 1. The molecule has 19 heavy (non-hydrogen) atoms. The number of aromatic amines is 2. The number of aromatic carboxylic acids is 1. The van der Waals surface area contributed by atoms with E-state index in [0.717, 1.165) is 6.20 Å². The number of anilines is 1. The normalized spacial score (nSPS) is 11.4. The van der Waals surface area contributed by atoms with Gasteiger partial charge >= 0.3 is 5.97 Å². The third-order valence-electron chi connectivity index (χ3n) is 2.44. The van der Waals surface area contributed by atoms with Crippen LogP contribution in [0.15, 0.2) is 17.4 Å². The zero-order valence-corrected chi connectivity index (χ0v) is 10.7. The fourth-order valence-corrected chi connectivity index (χ4v) is 2.63. The van der Waals surface area contributed by atoms with Crippen LogP contribution >= 0.6 is 0 Å². The first-order valence-corrected chi connectivity index (χ1v) is 6.75. The van der Waals surface area contributed by atoms with E-state index in [9.17, 15) is 13.2 Å². The minimum absolute atomic E-state index is 0.202. The molecule has 0 saturated carbocycles. The highest BCUT2D eigenvalue weighted by molar-refractivity contribution is 7.92. The average molecular weight is 285 g/mol. The number of nitrogens with zero attached hydrogens (tertiary/aromatic N) is 2. The molecular formula is C9H11N5O4S. The van der Waals surface area contributed by atoms with Crippen LogP contribution in [0.4, 0.5) is 5.82 Å². The van der Waals surface area contributed by atoms with E-state index in [1.165, 1.54) is 6.20 Å². The first kappa shape index (κ1) is 13.1. The summed E-state index contributed by atoms with van der Waals surface area (Å²) >= 11 is 0. The van der Waals surface area contributed by atoms with Gasteiger partial charge in [0.05, 0.1) is 12.4 Å². The summed E-state index contributed by atoms with van der Waals surface area (Å²) in [5, 5.41) is 20.2. The van der Waals surface area contributed by atoms with Crippen molar-refractivity contribution in [3.8, 4) is 0 Å². The van der Waals surface area contributed by atoms with Gasteiger partial charge < -0.3 is 5.11 Å². The van der Waals surface area contributed by atoms with Gasteiger partial charge in [-0.15, -0.1) is 0 Å². The molecule has 2 aromatic heterocycles. The van der Waals surface area contributed by atoms with Crippen LogP contribution in [0, 0.1) is 0 Å². The highest BCUT2D eigenvalue weighted by Gasteiger charge is 2.25. The lowest BCUT2D eigenvalue weighted by atomic mass is 10.3. The summed E-state index contributed by atoms with van der Waals surface area (Å²) in [5.41, 5.74) is 0.241. The first-order chi connectivity index (χ1) is 8.95. The Kier molecular flexibility index (Phi) is 3.25. The van der Waals surface area contributed by atoms with E-state index in [0.29, 0.717) is 12.0 Å². The summed E-state index contributed by atoms with van der Waals surface area (Å²) in [5.74, 6) is -1.18. The quantitative estimate of drug-likeness (QED) is 0.618. The Morgan fingerprint density at radius 1 is 1.37 bits per heavy atom. The molecule has 9 nitrogen and oxygen atoms in total. The maximum atomic E-state index is 12.1. The van der Waals surface area contributed by atoms with Crippen LogP contribution in [0.3, 0.4) is 0 Å². The van der Waals surface area contributed by atoms with Gasteiger partial charge in [-0.3, -0.25) is 14.9 Å². The summed E-state index contributed by atoms with van der Waals surface area (Å²) < 4.78 is 26.4. The van der Waals surface area contributed by atoms with Crippen LogP contribution in [0.1, 0.15) is 22.8 Å². The SMILES string of the molecule is CCc1cn[nH]c1NS(=O)(=O)c1[nH]ncc1C(=O)O. The number of hydrogen-bond acceptors (Lipinski definition) is 5. The summed E-state index contributed by atoms with van der Waals surface area (Å²) in [6.07, 6.45) is 3.00. The van der Waals surface area contributed by atoms with Gasteiger partial charge in [0.25, 0.3) is 10.0 Å². The van der Waals surface area contributed by atoms with Crippen molar-refractivity contribution >= 4 is 21.8 Å². The molecule has 2 heterocycles. The van der Waals surface area contributed by atoms with E-state index in [1.807, 2.05) is 6.92 Å². The average Bonchev–Trinajstić information content (AvgIpc) is 2.95. The Balaban J connectivity index is 2.38. The zero-order valence-electron chi connectivity index (χ0n) is 9.84. The molecular weight excluding hydrogens is 274 g/mol. The number of nitrogens with one attached hydrogen (secondary N) is 3. The minimum Gasteiger partial charge on any atom is -0.478 e. The summed E-state index contributed by atoms with van der Waals surface area (Å²) in [6.45, 7) is 1.83. The highest BCUT2D eigenvalue weighted by Crippen LogP contribution is 2.18. The second kappa shape index (κ2) is 4.72. The minimum atomic E-state index is -4.07. The van der Waals surface area contributed by atoms with Crippen molar-refractivity contribution in [3.05, 3.63) is 23.5 Å². The van der Waals surface area contributed by atoms with Crippen molar-refractivity contribution < 1.29 is 18.3 Å². The van der Waals surface area contributed by atoms with Gasteiger partial charge in [0.1, 0.15) is 11.4 Å². The number of carboxylic acids is 1. The molecule has 0 atom stereocenters. The molecule has 0 amide bonds. The Morgan fingerprint density at radius 3 is 2.68 bits per heavy atom. The molecule has 0 fully saturated rings. The highest BCUT2D eigenvalue weighted by atomic mass is 32.2. The Morgan fingerprint density at radius 2 is 2.05 bits per heavy atom. The van der Waals surface area contributed by atoms with E-state index < -0.39 is 26.6 Å². The van der Waals surface area contributed by atoms with Crippen LogP contribution in [-0.2, 0) is 16.4 Å². The number of rotatable bonds is 5. The lowest BCUT2D eigenvalue weighted by Crippen LogP contribution is -2.17. The number of aromatic nitrogens is 4. The predicted molar refractivity (Wildman–Crippen MR) is 64.3 cm³/mol. The van der Waals surface area contributed by atoms with Crippen LogP contribution in [0.25, 0.3) is 0 Å². The van der Waals surface area contributed by atoms with Gasteiger partial charge in [-0.05, 0) is 6.42 Å². The third-order valence-corrected chi connectivity index (χ3v) is 3.76. The molecule has 0 radical (unpaired) electrons. The molecule has 0 unspecified atom stereocenters. The van der Waals surface area contributed by atoms with Crippen molar-refractivity contribution in [2.75, 3.05) is 4.72 Å². The predicted octanol–water partition coefficient (Wildman–Crippen LogP) is 0.194. The fraction of sp³-hybridized carbons (Fsp3) is 0.222. The van der Waals surface area contributed by atoms with Crippen LogP contribution in [-0.4, -0.2) is 39.9 Å². The molecule has 0 aliphatic heterocycles. The van der Waals surface area contributed by atoms with Crippen molar-refractivity contribution in [2.24, 2.45) is 0 Å². The van der Waals surface area contributed by atoms with Gasteiger partial charge in [-0.25, -0.2) is 4.79 Å². The number of H-pyrrole nitrogens is 2. The van der Waals surface area contributed by atoms with Crippen molar-refractivity contribution in [2.45, 2.75) is 18.4 Å². The lowest BCUT2D eigenvalue weighted by Gasteiger charge is -2.06.